The second kappa shape index (κ2) is 2.79. The highest BCUT2D eigenvalue weighted by atomic mass is 32.2. The standard InChI is InChI=1S/C8H9O3S/c1-6-5-7(12(2,10)11)3-4-8(6)9/h3-5H,1-2H3. The van der Waals surface area contributed by atoms with Gasteiger partial charge in [-0.15, -0.1) is 0 Å². The smallest absolute Gasteiger partial charge is 0.181 e. The molecule has 0 aliphatic rings. The van der Waals surface area contributed by atoms with Crippen molar-refractivity contribution in [3.8, 4) is 5.75 Å². The van der Waals surface area contributed by atoms with Crippen molar-refractivity contribution < 1.29 is 13.5 Å². The van der Waals surface area contributed by atoms with E-state index in [2.05, 4.69) is 0 Å². The molecule has 0 bridgehead atoms. The van der Waals surface area contributed by atoms with Crippen molar-refractivity contribution in [2.45, 2.75) is 11.8 Å². The van der Waals surface area contributed by atoms with E-state index in [-0.39, 0.29) is 10.6 Å². The zero-order valence-electron chi connectivity index (χ0n) is 6.87. The number of hydrogen-bond donors (Lipinski definition) is 0. The average molecular weight is 185 g/mol. The largest absolute Gasteiger partial charge is 0.290 e. The molecule has 0 N–H and O–H groups in total. The molecule has 0 spiro atoms. The Bertz CT molecular complexity index is 393. The van der Waals surface area contributed by atoms with Crippen molar-refractivity contribution in [3.05, 3.63) is 23.8 Å². The van der Waals surface area contributed by atoms with Crippen LogP contribution >= 0.6 is 0 Å². The minimum Gasteiger partial charge on any atom is -0.290 e. The zero-order chi connectivity index (χ0) is 9.35. The Kier molecular flexibility index (Phi) is 2.10. The summed E-state index contributed by atoms with van der Waals surface area (Å²) >= 11 is 0. The van der Waals surface area contributed by atoms with Gasteiger partial charge in [-0.1, -0.05) is 0 Å². The molecular formula is C8H9O3S. The van der Waals surface area contributed by atoms with Crippen LogP contribution in [0.1, 0.15) is 5.56 Å². The van der Waals surface area contributed by atoms with Gasteiger partial charge in [0.05, 0.1) is 4.90 Å². The Hall–Kier alpha value is -1.03. The van der Waals surface area contributed by atoms with E-state index >= 15 is 0 Å². The summed E-state index contributed by atoms with van der Waals surface area (Å²) in [5.74, 6) is -0.137. The molecule has 0 heterocycles. The summed E-state index contributed by atoms with van der Waals surface area (Å²) < 4.78 is 22.0. The molecule has 1 aromatic carbocycles. The lowest BCUT2D eigenvalue weighted by atomic mass is 10.2. The molecule has 65 valence electrons. The van der Waals surface area contributed by atoms with E-state index in [4.69, 9.17) is 0 Å². The Balaban J connectivity index is 3.33. The highest BCUT2D eigenvalue weighted by molar-refractivity contribution is 7.90. The number of hydrogen-bond acceptors (Lipinski definition) is 2. The van der Waals surface area contributed by atoms with Crippen LogP contribution in [0.4, 0.5) is 0 Å². The van der Waals surface area contributed by atoms with Gasteiger partial charge in [0.2, 0.25) is 0 Å². The quantitative estimate of drug-likeness (QED) is 0.666. The first-order chi connectivity index (χ1) is 5.41. The van der Waals surface area contributed by atoms with Crippen molar-refractivity contribution in [1.29, 1.82) is 0 Å². The van der Waals surface area contributed by atoms with Gasteiger partial charge in [0.25, 0.3) is 0 Å². The van der Waals surface area contributed by atoms with E-state index < -0.39 is 9.84 Å². The molecule has 0 aliphatic carbocycles. The molecule has 0 unspecified atom stereocenters. The molecule has 12 heavy (non-hydrogen) atoms. The first-order valence-electron chi connectivity index (χ1n) is 3.39. The Morgan fingerprint density at radius 2 is 1.83 bits per heavy atom. The van der Waals surface area contributed by atoms with Crippen LogP contribution in [0.15, 0.2) is 23.1 Å². The normalized spacial score (nSPS) is 11.5. The molecule has 0 saturated heterocycles. The second-order valence-electron chi connectivity index (χ2n) is 2.70. The third-order valence-electron chi connectivity index (χ3n) is 1.57. The molecular weight excluding hydrogens is 176 g/mol. The molecule has 0 saturated carbocycles. The highest BCUT2D eigenvalue weighted by Gasteiger charge is 2.08. The van der Waals surface area contributed by atoms with Gasteiger partial charge in [-0.05, 0) is 30.7 Å². The maximum atomic E-state index is 11.0. The van der Waals surface area contributed by atoms with E-state index in [0.29, 0.717) is 5.56 Å². The lowest BCUT2D eigenvalue weighted by Gasteiger charge is -1.99. The molecule has 0 aliphatic heterocycles. The van der Waals surface area contributed by atoms with Gasteiger partial charge < -0.3 is 0 Å². The van der Waals surface area contributed by atoms with Crippen LogP contribution in [0, 0.1) is 6.92 Å². The molecule has 0 fully saturated rings. The summed E-state index contributed by atoms with van der Waals surface area (Å²) in [5, 5.41) is 10.9. The minimum atomic E-state index is -3.18. The predicted molar refractivity (Wildman–Crippen MR) is 44.4 cm³/mol. The van der Waals surface area contributed by atoms with Gasteiger partial charge in [0.15, 0.2) is 15.6 Å². The predicted octanol–water partition coefficient (Wildman–Crippen LogP) is 1.54. The summed E-state index contributed by atoms with van der Waals surface area (Å²) in [6, 6.07) is 3.98. The minimum absolute atomic E-state index is 0.137. The van der Waals surface area contributed by atoms with Crippen LogP contribution in [0.5, 0.6) is 5.75 Å². The first kappa shape index (κ1) is 9.06. The Morgan fingerprint density at radius 1 is 1.25 bits per heavy atom. The maximum Gasteiger partial charge on any atom is 0.181 e. The summed E-state index contributed by atoms with van der Waals surface area (Å²) in [4.78, 5) is 0.194. The van der Waals surface area contributed by atoms with Crippen LogP contribution < -0.4 is 0 Å². The molecule has 3 nitrogen and oxygen atoms in total. The van der Waals surface area contributed by atoms with Crippen molar-refractivity contribution in [1.82, 2.24) is 0 Å². The van der Waals surface area contributed by atoms with Crippen LogP contribution in [-0.2, 0) is 14.9 Å². The molecule has 1 aromatic rings. The molecule has 0 atom stereocenters. The van der Waals surface area contributed by atoms with Gasteiger partial charge in [0, 0.05) is 6.26 Å². The molecule has 0 aromatic heterocycles. The molecule has 0 amide bonds. The van der Waals surface area contributed by atoms with Crippen molar-refractivity contribution in [2.75, 3.05) is 6.26 Å². The van der Waals surface area contributed by atoms with E-state index in [1.54, 1.807) is 6.92 Å². The van der Waals surface area contributed by atoms with Crippen LogP contribution in [0.2, 0.25) is 0 Å². The number of sulfone groups is 1. The summed E-state index contributed by atoms with van der Waals surface area (Å²) in [6.45, 7) is 1.59. The summed E-state index contributed by atoms with van der Waals surface area (Å²) in [5.41, 5.74) is 0.456. The number of benzene rings is 1. The average Bonchev–Trinajstić information content (AvgIpc) is 1.92. The fourth-order valence-electron chi connectivity index (χ4n) is 0.853. The fourth-order valence-corrected chi connectivity index (χ4v) is 1.56. The van der Waals surface area contributed by atoms with Crippen LogP contribution in [-0.4, -0.2) is 14.7 Å². The SMILES string of the molecule is Cc1cc(S(C)(=O)=O)ccc1[O]. The molecule has 1 radical (unpaired) electrons. The topological polar surface area (TPSA) is 54.0 Å². The molecule has 1 rings (SSSR count). The van der Waals surface area contributed by atoms with Gasteiger partial charge in [-0.2, -0.15) is 0 Å². The Morgan fingerprint density at radius 3 is 2.25 bits per heavy atom. The summed E-state index contributed by atoms with van der Waals surface area (Å²) in [6.07, 6.45) is 1.12. The summed E-state index contributed by atoms with van der Waals surface area (Å²) in [7, 11) is -3.18. The zero-order valence-corrected chi connectivity index (χ0v) is 7.68. The van der Waals surface area contributed by atoms with Crippen molar-refractivity contribution in [3.63, 3.8) is 0 Å². The van der Waals surface area contributed by atoms with Gasteiger partial charge in [0.1, 0.15) is 0 Å². The monoisotopic (exact) mass is 185 g/mol. The van der Waals surface area contributed by atoms with E-state index in [1.807, 2.05) is 0 Å². The Labute approximate surface area is 71.6 Å². The third kappa shape index (κ3) is 1.76. The van der Waals surface area contributed by atoms with Gasteiger partial charge >= 0.3 is 0 Å². The highest BCUT2D eigenvalue weighted by Crippen LogP contribution is 2.20. The molecule has 4 heteroatoms. The van der Waals surface area contributed by atoms with Crippen LogP contribution in [0.3, 0.4) is 0 Å². The van der Waals surface area contributed by atoms with E-state index in [1.165, 1.54) is 18.2 Å². The lowest BCUT2D eigenvalue weighted by molar-refractivity contribution is 0.351. The van der Waals surface area contributed by atoms with E-state index in [9.17, 15) is 13.5 Å². The van der Waals surface area contributed by atoms with E-state index in [0.717, 1.165) is 6.26 Å². The number of aryl methyl sites for hydroxylation is 1. The van der Waals surface area contributed by atoms with Crippen molar-refractivity contribution in [2.24, 2.45) is 0 Å². The van der Waals surface area contributed by atoms with Crippen LogP contribution in [0.25, 0.3) is 0 Å². The van der Waals surface area contributed by atoms with Crippen molar-refractivity contribution >= 4 is 9.84 Å². The third-order valence-corrected chi connectivity index (χ3v) is 2.68. The lowest BCUT2D eigenvalue weighted by Crippen LogP contribution is -1.96. The van der Waals surface area contributed by atoms with Gasteiger partial charge in [-0.3, -0.25) is 5.11 Å². The first-order valence-corrected chi connectivity index (χ1v) is 5.28. The second-order valence-corrected chi connectivity index (χ2v) is 4.72. The maximum absolute atomic E-state index is 11.0. The van der Waals surface area contributed by atoms with Gasteiger partial charge in [-0.25, -0.2) is 8.42 Å². The fraction of sp³-hybridized carbons (Fsp3) is 0.250. The number of rotatable bonds is 1.